The second kappa shape index (κ2) is 7.55. The van der Waals surface area contributed by atoms with Gasteiger partial charge in [0, 0.05) is 25.4 Å². The maximum atomic E-state index is 12.2. The normalized spacial score (nSPS) is 13.8. The van der Waals surface area contributed by atoms with Gasteiger partial charge in [0.25, 0.3) is 0 Å². The van der Waals surface area contributed by atoms with Crippen molar-refractivity contribution in [2.45, 2.75) is 32.2 Å². The van der Waals surface area contributed by atoms with Crippen LogP contribution in [0.2, 0.25) is 0 Å². The molecule has 0 saturated carbocycles. The summed E-state index contributed by atoms with van der Waals surface area (Å²) in [7, 11) is 3.27. The first-order chi connectivity index (χ1) is 10.2. The molecule has 0 aromatic heterocycles. The van der Waals surface area contributed by atoms with Crippen LogP contribution >= 0.6 is 11.6 Å². The predicted octanol–water partition coefficient (Wildman–Crippen LogP) is 3.00. The van der Waals surface area contributed by atoms with Gasteiger partial charge in [0.1, 0.15) is 0 Å². The fourth-order valence-corrected chi connectivity index (χ4v) is 2.81. The van der Waals surface area contributed by atoms with Crippen LogP contribution in [0.25, 0.3) is 0 Å². The molecule has 0 saturated heterocycles. The Labute approximate surface area is 131 Å². The second-order valence-corrected chi connectivity index (χ2v) is 5.57. The van der Waals surface area contributed by atoms with Gasteiger partial charge in [0.05, 0.1) is 14.2 Å². The van der Waals surface area contributed by atoms with Gasteiger partial charge >= 0.3 is 0 Å². The molecule has 1 aliphatic heterocycles. The molecule has 1 heterocycles. The third-order valence-electron chi connectivity index (χ3n) is 3.85. The Kier molecular flexibility index (Phi) is 5.74. The molecule has 0 unspecified atom stereocenters. The Morgan fingerprint density at radius 2 is 1.86 bits per heavy atom. The Balaban J connectivity index is 2.07. The number of carbonyl (C=O) groups is 1. The van der Waals surface area contributed by atoms with E-state index in [0.29, 0.717) is 24.6 Å². The summed E-state index contributed by atoms with van der Waals surface area (Å²) < 4.78 is 10.7. The van der Waals surface area contributed by atoms with Crippen LogP contribution < -0.4 is 9.47 Å². The highest BCUT2D eigenvalue weighted by Crippen LogP contribution is 2.33. The van der Waals surface area contributed by atoms with Gasteiger partial charge in [-0.05, 0) is 42.5 Å². The number of amides is 1. The van der Waals surface area contributed by atoms with Crippen molar-refractivity contribution in [3.05, 3.63) is 23.3 Å². The van der Waals surface area contributed by atoms with Gasteiger partial charge in [0.15, 0.2) is 11.5 Å². The van der Waals surface area contributed by atoms with Crippen molar-refractivity contribution in [3.63, 3.8) is 0 Å². The maximum Gasteiger partial charge on any atom is 0.222 e. The van der Waals surface area contributed by atoms with E-state index in [1.54, 1.807) is 14.2 Å². The fraction of sp³-hybridized carbons (Fsp3) is 0.562. The topological polar surface area (TPSA) is 38.8 Å². The van der Waals surface area contributed by atoms with E-state index >= 15 is 0 Å². The van der Waals surface area contributed by atoms with Crippen molar-refractivity contribution in [2.24, 2.45) is 0 Å². The van der Waals surface area contributed by atoms with Gasteiger partial charge in [-0.3, -0.25) is 4.79 Å². The summed E-state index contributed by atoms with van der Waals surface area (Å²) in [5.41, 5.74) is 2.38. The molecule has 4 nitrogen and oxygen atoms in total. The van der Waals surface area contributed by atoms with Crippen molar-refractivity contribution >= 4 is 17.5 Å². The van der Waals surface area contributed by atoms with E-state index in [1.807, 2.05) is 17.0 Å². The summed E-state index contributed by atoms with van der Waals surface area (Å²) in [6, 6.07) is 4.00. The van der Waals surface area contributed by atoms with E-state index in [0.717, 1.165) is 37.1 Å². The number of hydrogen-bond donors (Lipinski definition) is 0. The standard InChI is InChI=1S/C16H22ClNO3/c1-20-14-9-12-6-8-18(16(19)5-3-4-7-17)11-13(12)10-15(14)21-2/h9-10H,3-8,11H2,1-2H3. The van der Waals surface area contributed by atoms with Crippen molar-refractivity contribution in [1.82, 2.24) is 4.90 Å². The smallest absolute Gasteiger partial charge is 0.222 e. The number of rotatable bonds is 6. The lowest BCUT2D eigenvalue weighted by molar-refractivity contribution is -0.132. The first-order valence-corrected chi connectivity index (χ1v) is 7.80. The van der Waals surface area contributed by atoms with Crippen LogP contribution in [-0.2, 0) is 17.8 Å². The summed E-state index contributed by atoms with van der Waals surface area (Å²) in [4.78, 5) is 14.1. The molecule has 0 atom stereocenters. The molecule has 1 aliphatic rings. The van der Waals surface area contributed by atoms with E-state index in [4.69, 9.17) is 21.1 Å². The molecule has 0 radical (unpaired) electrons. The van der Waals surface area contributed by atoms with E-state index in [-0.39, 0.29) is 5.91 Å². The first-order valence-electron chi connectivity index (χ1n) is 7.27. The number of methoxy groups -OCH3 is 2. The van der Waals surface area contributed by atoms with Gasteiger partial charge in [-0.15, -0.1) is 11.6 Å². The SMILES string of the molecule is COc1cc2c(cc1OC)CN(C(=O)CCCCCl)CC2. The molecule has 1 amide bonds. The third kappa shape index (κ3) is 3.82. The van der Waals surface area contributed by atoms with Crippen LogP contribution in [0.4, 0.5) is 0 Å². The predicted molar refractivity (Wildman–Crippen MR) is 83.2 cm³/mol. The lowest BCUT2D eigenvalue weighted by Crippen LogP contribution is -2.35. The first kappa shape index (κ1) is 16.0. The average molecular weight is 312 g/mol. The molecule has 0 fully saturated rings. The number of carbonyl (C=O) groups excluding carboxylic acids is 1. The number of ether oxygens (including phenoxy) is 2. The molecular formula is C16H22ClNO3. The number of hydrogen-bond acceptors (Lipinski definition) is 3. The van der Waals surface area contributed by atoms with Gasteiger partial charge in [-0.2, -0.15) is 0 Å². The summed E-state index contributed by atoms with van der Waals surface area (Å²) in [6.07, 6.45) is 3.19. The number of fused-ring (bicyclic) bond motifs is 1. The van der Waals surface area contributed by atoms with Crippen molar-refractivity contribution < 1.29 is 14.3 Å². The molecule has 21 heavy (non-hydrogen) atoms. The zero-order valence-corrected chi connectivity index (χ0v) is 13.4. The molecule has 0 bridgehead atoms. The molecule has 116 valence electrons. The van der Waals surface area contributed by atoms with Gasteiger partial charge in [-0.25, -0.2) is 0 Å². The number of unbranched alkanes of at least 4 members (excludes halogenated alkanes) is 1. The molecule has 0 N–H and O–H groups in total. The number of nitrogens with zero attached hydrogens (tertiary/aromatic N) is 1. The van der Waals surface area contributed by atoms with Crippen molar-refractivity contribution in [1.29, 1.82) is 0 Å². The van der Waals surface area contributed by atoms with E-state index in [1.165, 1.54) is 5.56 Å². The zero-order valence-electron chi connectivity index (χ0n) is 12.7. The minimum Gasteiger partial charge on any atom is -0.493 e. The largest absolute Gasteiger partial charge is 0.493 e. The molecule has 5 heteroatoms. The second-order valence-electron chi connectivity index (χ2n) is 5.19. The number of alkyl halides is 1. The van der Waals surface area contributed by atoms with Gasteiger partial charge in [-0.1, -0.05) is 0 Å². The highest BCUT2D eigenvalue weighted by atomic mass is 35.5. The van der Waals surface area contributed by atoms with Gasteiger partial charge in [0.2, 0.25) is 5.91 Å². The third-order valence-corrected chi connectivity index (χ3v) is 4.11. The lowest BCUT2D eigenvalue weighted by Gasteiger charge is -2.29. The minimum atomic E-state index is 0.209. The molecule has 1 aromatic carbocycles. The lowest BCUT2D eigenvalue weighted by atomic mass is 9.98. The van der Waals surface area contributed by atoms with Crippen LogP contribution in [0.5, 0.6) is 11.5 Å². The summed E-state index contributed by atoms with van der Waals surface area (Å²) >= 11 is 5.65. The number of halogens is 1. The molecule has 0 spiro atoms. The van der Waals surface area contributed by atoms with Crippen LogP contribution in [0.3, 0.4) is 0 Å². The molecule has 1 aromatic rings. The molecule has 0 aliphatic carbocycles. The van der Waals surface area contributed by atoms with E-state index in [2.05, 4.69) is 0 Å². The highest BCUT2D eigenvalue weighted by molar-refractivity contribution is 6.17. The van der Waals surface area contributed by atoms with Crippen LogP contribution in [0.1, 0.15) is 30.4 Å². The van der Waals surface area contributed by atoms with Gasteiger partial charge < -0.3 is 14.4 Å². The summed E-state index contributed by atoms with van der Waals surface area (Å²) in [5.74, 6) is 2.29. The van der Waals surface area contributed by atoms with Crippen LogP contribution in [-0.4, -0.2) is 37.5 Å². The monoisotopic (exact) mass is 311 g/mol. The van der Waals surface area contributed by atoms with E-state index in [9.17, 15) is 4.79 Å². The highest BCUT2D eigenvalue weighted by Gasteiger charge is 2.22. The average Bonchev–Trinajstić information content (AvgIpc) is 2.52. The fourth-order valence-electron chi connectivity index (χ4n) is 2.62. The minimum absolute atomic E-state index is 0.209. The van der Waals surface area contributed by atoms with Crippen LogP contribution in [0.15, 0.2) is 12.1 Å². The Morgan fingerprint density at radius 3 is 2.48 bits per heavy atom. The Morgan fingerprint density at radius 1 is 1.19 bits per heavy atom. The van der Waals surface area contributed by atoms with Crippen molar-refractivity contribution in [2.75, 3.05) is 26.6 Å². The maximum absolute atomic E-state index is 12.2. The Bertz CT molecular complexity index is 505. The number of benzene rings is 1. The Hall–Kier alpha value is -1.42. The van der Waals surface area contributed by atoms with Crippen LogP contribution in [0, 0.1) is 0 Å². The molecular weight excluding hydrogens is 290 g/mol. The molecule has 2 rings (SSSR count). The quantitative estimate of drug-likeness (QED) is 0.599. The summed E-state index contributed by atoms with van der Waals surface area (Å²) in [6.45, 7) is 1.41. The zero-order chi connectivity index (χ0) is 15.2. The van der Waals surface area contributed by atoms with E-state index < -0.39 is 0 Å². The summed E-state index contributed by atoms with van der Waals surface area (Å²) in [5, 5.41) is 0. The van der Waals surface area contributed by atoms with Crippen molar-refractivity contribution in [3.8, 4) is 11.5 Å².